The van der Waals surface area contributed by atoms with E-state index in [1.54, 1.807) is 0 Å². The number of benzene rings is 1. The van der Waals surface area contributed by atoms with Crippen molar-refractivity contribution in [3.63, 3.8) is 0 Å². The fraction of sp³-hybridized carbons (Fsp3) is 0.417. The zero-order chi connectivity index (χ0) is 11.5. The molecule has 1 aliphatic heterocycles. The first-order valence-corrected chi connectivity index (χ1v) is 5.30. The van der Waals surface area contributed by atoms with Crippen molar-refractivity contribution in [1.29, 1.82) is 0 Å². The smallest absolute Gasteiger partial charge is 0.306 e. The molecule has 0 unspecified atom stereocenters. The van der Waals surface area contributed by atoms with Gasteiger partial charge in [0.1, 0.15) is 5.75 Å². The van der Waals surface area contributed by atoms with Crippen LogP contribution in [0, 0.1) is 0 Å². The molecule has 0 aromatic heterocycles. The van der Waals surface area contributed by atoms with E-state index in [1.165, 1.54) is 11.1 Å². The zero-order valence-electron chi connectivity index (χ0n) is 9.27. The minimum Gasteiger partial charge on any atom is -0.493 e. The highest BCUT2D eigenvalue weighted by molar-refractivity contribution is 5.66. The van der Waals surface area contributed by atoms with Crippen LogP contribution in [0.1, 0.15) is 17.5 Å². The van der Waals surface area contributed by atoms with Gasteiger partial charge in [-0.2, -0.15) is 0 Å². The topological polar surface area (TPSA) is 49.8 Å². The number of aliphatic carboxylic acids is 1. The maximum Gasteiger partial charge on any atom is 0.306 e. The van der Waals surface area contributed by atoms with Gasteiger partial charge in [-0.3, -0.25) is 9.69 Å². The SMILES string of the molecule is CN1Cc2ccc(OCCC(=O)O)cc2C1. The van der Waals surface area contributed by atoms with Gasteiger partial charge >= 0.3 is 5.97 Å². The number of nitrogens with zero attached hydrogens (tertiary/aromatic N) is 1. The van der Waals surface area contributed by atoms with E-state index in [0.717, 1.165) is 18.8 Å². The standard InChI is InChI=1S/C12H15NO3/c1-13-7-9-2-3-11(6-10(9)8-13)16-5-4-12(14)15/h2-3,6H,4-5,7-8H2,1H3,(H,14,15). The van der Waals surface area contributed by atoms with Gasteiger partial charge in [0.15, 0.2) is 0 Å². The van der Waals surface area contributed by atoms with Crippen LogP contribution >= 0.6 is 0 Å². The molecule has 1 aliphatic rings. The van der Waals surface area contributed by atoms with Crippen molar-refractivity contribution in [2.75, 3.05) is 13.7 Å². The Balaban J connectivity index is 1.97. The van der Waals surface area contributed by atoms with Gasteiger partial charge < -0.3 is 9.84 Å². The number of carboxylic acids is 1. The van der Waals surface area contributed by atoms with Gasteiger partial charge in [0.25, 0.3) is 0 Å². The summed E-state index contributed by atoms with van der Waals surface area (Å²) < 4.78 is 5.38. The molecule has 0 amide bonds. The maximum absolute atomic E-state index is 10.3. The maximum atomic E-state index is 10.3. The van der Waals surface area contributed by atoms with Gasteiger partial charge in [-0.05, 0) is 30.3 Å². The van der Waals surface area contributed by atoms with Crippen molar-refractivity contribution in [3.8, 4) is 5.75 Å². The molecule has 1 aromatic carbocycles. The van der Waals surface area contributed by atoms with Gasteiger partial charge in [0, 0.05) is 13.1 Å². The molecule has 2 rings (SSSR count). The molecule has 1 N–H and O–H groups in total. The lowest BCUT2D eigenvalue weighted by molar-refractivity contribution is -0.137. The Bertz CT molecular complexity index is 403. The molecule has 0 atom stereocenters. The molecule has 0 bridgehead atoms. The van der Waals surface area contributed by atoms with E-state index in [2.05, 4.69) is 18.0 Å². The second-order valence-corrected chi connectivity index (χ2v) is 4.10. The Morgan fingerprint density at radius 3 is 2.94 bits per heavy atom. The van der Waals surface area contributed by atoms with Gasteiger partial charge in [0.2, 0.25) is 0 Å². The number of fused-ring (bicyclic) bond motifs is 1. The summed E-state index contributed by atoms with van der Waals surface area (Å²) in [5.41, 5.74) is 2.60. The molecule has 0 saturated heterocycles. The summed E-state index contributed by atoms with van der Waals surface area (Å²) >= 11 is 0. The number of hydrogen-bond acceptors (Lipinski definition) is 3. The monoisotopic (exact) mass is 221 g/mol. The Kier molecular flexibility index (Phi) is 3.10. The lowest BCUT2D eigenvalue weighted by Crippen LogP contribution is -2.07. The molecule has 1 aromatic rings. The zero-order valence-corrected chi connectivity index (χ0v) is 9.27. The van der Waals surface area contributed by atoms with E-state index in [1.807, 2.05) is 12.1 Å². The van der Waals surface area contributed by atoms with Crippen LogP contribution in [0.3, 0.4) is 0 Å². The van der Waals surface area contributed by atoms with Crippen LogP contribution in [-0.2, 0) is 17.9 Å². The van der Waals surface area contributed by atoms with Gasteiger partial charge in [0.05, 0.1) is 13.0 Å². The Morgan fingerprint density at radius 1 is 1.44 bits per heavy atom. The quantitative estimate of drug-likeness (QED) is 0.836. The number of ether oxygens (including phenoxy) is 1. The van der Waals surface area contributed by atoms with Crippen molar-refractivity contribution in [1.82, 2.24) is 4.90 Å². The third-order valence-electron chi connectivity index (χ3n) is 2.64. The summed E-state index contributed by atoms with van der Waals surface area (Å²) in [6.45, 7) is 2.14. The van der Waals surface area contributed by atoms with E-state index >= 15 is 0 Å². The van der Waals surface area contributed by atoms with Gasteiger partial charge in [-0.1, -0.05) is 6.07 Å². The van der Waals surface area contributed by atoms with E-state index in [0.29, 0.717) is 0 Å². The second kappa shape index (κ2) is 4.53. The number of rotatable bonds is 4. The van der Waals surface area contributed by atoms with Crippen LogP contribution in [0.4, 0.5) is 0 Å². The highest BCUT2D eigenvalue weighted by atomic mass is 16.5. The van der Waals surface area contributed by atoms with Crippen molar-refractivity contribution in [3.05, 3.63) is 29.3 Å². The average molecular weight is 221 g/mol. The van der Waals surface area contributed by atoms with Crippen LogP contribution in [0.5, 0.6) is 5.75 Å². The summed E-state index contributed by atoms with van der Waals surface area (Å²) in [6.07, 6.45) is 0.0387. The average Bonchev–Trinajstić information content (AvgIpc) is 2.56. The van der Waals surface area contributed by atoms with Crippen LogP contribution in [0.15, 0.2) is 18.2 Å². The van der Waals surface area contributed by atoms with Gasteiger partial charge in [-0.15, -0.1) is 0 Å². The second-order valence-electron chi connectivity index (χ2n) is 4.10. The van der Waals surface area contributed by atoms with Crippen LogP contribution in [0.2, 0.25) is 0 Å². The molecule has 0 saturated carbocycles. The predicted octanol–water partition coefficient (Wildman–Crippen LogP) is 1.49. The summed E-state index contributed by atoms with van der Waals surface area (Å²) in [4.78, 5) is 12.6. The predicted molar refractivity (Wildman–Crippen MR) is 59.4 cm³/mol. The molecule has 86 valence electrons. The fourth-order valence-corrected chi connectivity index (χ4v) is 1.89. The molecular formula is C12H15NO3. The highest BCUT2D eigenvalue weighted by Gasteiger charge is 2.15. The lowest BCUT2D eigenvalue weighted by atomic mass is 10.1. The first kappa shape index (κ1) is 11.0. The van der Waals surface area contributed by atoms with Crippen molar-refractivity contribution < 1.29 is 14.6 Å². The molecule has 0 spiro atoms. The van der Waals surface area contributed by atoms with Crippen LogP contribution in [0.25, 0.3) is 0 Å². The number of hydrogen-bond donors (Lipinski definition) is 1. The molecule has 0 radical (unpaired) electrons. The molecule has 0 aliphatic carbocycles. The van der Waals surface area contributed by atoms with Crippen molar-refractivity contribution in [2.45, 2.75) is 19.5 Å². The first-order chi connectivity index (χ1) is 7.65. The first-order valence-electron chi connectivity index (χ1n) is 5.30. The molecule has 16 heavy (non-hydrogen) atoms. The number of carbonyl (C=O) groups is 1. The van der Waals surface area contributed by atoms with E-state index < -0.39 is 5.97 Å². The van der Waals surface area contributed by atoms with Crippen LogP contribution in [-0.4, -0.2) is 29.6 Å². The molecule has 0 fully saturated rings. The lowest BCUT2D eigenvalue weighted by Gasteiger charge is -2.06. The van der Waals surface area contributed by atoms with E-state index in [-0.39, 0.29) is 13.0 Å². The third kappa shape index (κ3) is 2.52. The van der Waals surface area contributed by atoms with Crippen molar-refractivity contribution >= 4 is 5.97 Å². The Morgan fingerprint density at radius 2 is 2.19 bits per heavy atom. The van der Waals surface area contributed by atoms with Gasteiger partial charge in [-0.25, -0.2) is 0 Å². The molecule has 1 heterocycles. The summed E-state index contributed by atoms with van der Waals surface area (Å²) in [7, 11) is 2.07. The molecule has 4 heteroatoms. The fourth-order valence-electron chi connectivity index (χ4n) is 1.89. The van der Waals surface area contributed by atoms with Crippen LogP contribution < -0.4 is 4.74 Å². The van der Waals surface area contributed by atoms with E-state index in [9.17, 15) is 4.79 Å². The van der Waals surface area contributed by atoms with Crippen molar-refractivity contribution in [2.24, 2.45) is 0 Å². The molecular weight excluding hydrogens is 206 g/mol. The largest absolute Gasteiger partial charge is 0.493 e. The normalized spacial score (nSPS) is 14.8. The summed E-state index contributed by atoms with van der Waals surface area (Å²) in [5, 5.41) is 8.49. The highest BCUT2D eigenvalue weighted by Crippen LogP contribution is 2.25. The minimum atomic E-state index is -0.833. The Hall–Kier alpha value is -1.55. The Labute approximate surface area is 94.4 Å². The number of carboxylic acid groups (broad SMARTS) is 1. The minimum absolute atomic E-state index is 0.0387. The molecule has 4 nitrogen and oxygen atoms in total. The summed E-state index contributed by atoms with van der Waals surface area (Å²) in [6, 6.07) is 5.95. The third-order valence-corrected chi connectivity index (χ3v) is 2.64. The van der Waals surface area contributed by atoms with E-state index in [4.69, 9.17) is 9.84 Å². The summed E-state index contributed by atoms with van der Waals surface area (Å²) in [5.74, 6) is -0.0730.